The molecule has 0 aromatic heterocycles. The highest BCUT2D eigenvalue weighted by Gasteiger charge is 2.69. The zero-order valence-corrected chi connectivity index (χ0v) is 18.5. The van der Waals surface area contributed by atoms with Crippen LogP contribution in [0.15, 0.2) is 84.9 Å². The largest absolute Gasteiger partial charge is 0.508 e. The summed E-state index contributed by atoms with van der Waals surface area (Å²) in [5.41, 5.74) is 0.148. The minimum atomic E-state index is -1.55. The minimum absolute atomic E-state index is 0.0812. The van der Waals surface area contributed by atoms with E-state index in [1.54, 1.807) is 67.6 Å². The van der Waals surface area contributed by atoms with Crippen LogP contribution in [-0.2, 0) is 24.7 Å². The predicted octanol–water partition coefficient (Wildman–Crippen LogP) is 3.30. The van der Waals surface area contributed by atoms with E-state index in [0.717, 1.165) is 0 Å². The normalized spacial score (nSPS) is 25.9. The molecule has 2 aliphatic rings. The van der Waals surface area contributed by atoms with Gasteiger partial charge in [0.15, 0.2) is 5.54 Å². The number of phenolic OH excluding ortho intramolecular Hbond substituents is 1. The van der Waals surface area contributed by atoms with Gasteiger partial charge in [-0.2, -0.15) is 0 Å². The summed E-state index contributed by atoms with van der Waals surface area (Å²) in [5.74, 6) is -3.21. The van der Waals surface area contributed by atoms with E-state index in [2.05, 4.69) is 5.32 Å². The summed E-state index contributed by atoms with van der Waals surface area (Å²) in [6.45, 7) is 1.83. The zero-order valence-electron chi connectivity index (χ0n) is 18.5. The Balaban J connectivity index is 1.72. The monoisotopic (exact) mass is 456 g/mol. The van der Waals surface area contributed by atoms with Gasteiger partial charge in [-0.15, -0.1) is 0 Å². The number of aromatic hydroxyl groups is 1. The summed E-state index contributed by atoms with van der Waals surface area (Å²) in [7, 11) is 0. The highest BCUT2D eigenvalue weighted by molar-refractivity contribution is 6.24. The summed E-state index contributed by atoms with van der Waals surface area (Å²) in [6.07, 6.45) is 0. The van der Waals surface area contributed by atoms with Crippen LogP contribution in [0.25, 0.3) is 0 Å². The van der Waals surface area contributed by atoms with Crippen molar-refractivity contribution in [3.05, 3.63) is 96.1 Å². The number of hydrogen-bond donors (Lipinski definition) is 2. The fourth-order valence-corrected chi connectivity index (χ4v) is 5.22. The van der Waals surface area contributed by atoms with Crippen molar-refractivity contribution in [2.75, 3.05) is 11.5 Å². The van der Waals surface area contributed by atoms with E-state index in [1.807, 2.05) is 12.1 Å². The molecule has 3 aromatic carbocycles. The first-order valence-electron chi connectivity index (χ1n) is 11.2. The molecule has 172 valence electrons. The standard InChI is InChI=1S/C27H24N2O5/c1-2-34-26(33)27(18-9-5-3-6-10-18)22-21(23(28-27)17-13-15-20(30)16-14-17)24(31)29(25(22)32)19-11-7-4-8-12-19/h3-16,21-23,28,30H,2H2,1H3. The molecule has 34 heavy (non-hydrogen) atoms. The van der Waals surface area contributed by atoms with Crippen LogP contribution in [-0.4, -0.2) is 29.5 Å². The lowest BCUT2D eigenvalue weighted by Crippen LogP contribution is -2.54. The smallest absolute Gasteiger partial charge is 0.331 e. The van der Waals surface area contributed by atoms with E-state index in [0.29, 0.717) is 16.8 Å². The van der Waals surface area contributed by atoms with E-state index >= 15 is 0 Å². The Labute approximate surface area is 197 Å². The molecule has 2 N–H and O–H groups in total. The van der Waals surface area contributed by atoms with Crippen LogP contribution in [0.5, 0.6) is 5.75 Å². The van der Waals surface area contributed by atoms with E-state index in [1.165, 1.54) is 17.0 Å². The summed E-state index contributed by atoms with van der Waals surface area (Å²) in [5, 5.41) is 13.1. The van der Waals surface area contributed by atoms with Gasteiger partial charge in [-0.25, -0.2) is 9.69 Å². The number of phenols is 1. The molecular weight excluding hydrogens is 432 g/mol. The summed E-state index contributed by atoms with van der Waals surface area (Å²) < 4.78 is 5.50. The molecule has 0 radical (unpaired) electrons. The van der Waals surface area contributed by atoms with Crippen LogP contribution in [0.4, 0.5) is 5.69 Å². The van der Waals surface area contributed by atoms with Crippen molar-refractivity contribution in [3.63, 3.8) is 0 Å². The van der Waals surface area contributed by atoms with Crippen molar-refractivity contribution in [2.24, 2.45) is 11.8 Å². The Kier molecular flexibility index (Phi) is 5.42. The first-order chi connectivity index (χ1) is 16.5. The molecule has 2 saturated heterocycles. The molecule has 4 atom stereocenters. The molecule has 2 heterocycles. The maximum atomic E-state index is 13.9. The van der Waals surface area contributed by atoms with Gasteiger partial charge in [-0.3, -0.25) is 14.9 Å². The average Bonchev–Trinajstić information content (AvgIpc) is 3.35. The van der Waals surface area contributed by atoms with Gasteiger partial charge in [0.05, 0.1) is 24.1 Å². The van der Waals surface area contributed by atoms with Gasteiger partial charge in [0, 0.05) is 6.04 Å². The van der Waals surface area contributed by atoms with Gasteiger partial charge in [0.2, 0.25) is 11.8 Å². The maximum Gasteiger partial charge on any atom is 0.331 e. The second kappa shape index (κ2) is 8.43. The fourth-order valence-electron chi connectivity index (χ4n) is 5.22. The van der Waals surface area contributed by atoms with Gasteiger partial charge < -0.3 is 9.84 Å². The lowest BCUT2D eigenvalue weighted by Gasteiger charge is -2.33. The van der Waals surface area contributed by atoms with Crippen LogP contribution in [0.1, 0.15) is 24.1 Å². The summed E-state index contributed by atoms with van der Waals surface area (Å²) in [6, 6.07) is 23.4. The van der Waals surface area contributed by atoms with E-state index < -0.39 is 35.3 Å². The number of imide groups is 1. The highest BCUT2D eigenvalue weighted by Crippen LogP contribution is 2.54. The molecule has 2 amide bonds. The van der Waals surface area contributed by atoms with Crippen LogP contribution in [0.2, 0.25) is 0 Å². The van der Waals surface area contributed by atoms with E-state index in [4.69, 9.17) is 4.74 Å². The number of amides is 2. The van der Waals surface area contributed by atoms with Gasteiger partial charge >= 0.3 is 5.97 Å². The fraction of sp³-hybridized carbons (Fsp3) is 0.222. The topological polar surface area (TPSA) is 95.9 Å². The number of esters is 1. The number of ether oxygens (including phenoxy) is 1. The quantitative estimate of drug-likeness (QED) is 0.452. The van der Waals surface area contributed by atoms with Crippen LogP contribution >= 0.6 is 0 Å². The molecule has 5 rings (SSSR count). The molecule has 4 unspecified atom stereocenters. The number of hydrogen-bond acceptors (Lipinski definition) is 6. The first-order valence-corrected chi connectivity index (χ1v) is 11.2. The number of rotatable bonds is 5. The van der Waals surface area contributed by atoms with E-state index in [9.17, 15) is 19.5 Å². The number of fused-ring (bicyclic) bond motifs is 1. The Hall–Kier alpha value is -3.97. The molecule has 0 bridgehead atoms. The van der Waals surface area contributed by atoms with Crippen molar-refractivity contribution in [2.45, 2.75) is 18.5 Å². The summed E-state index contributed by atoms with van der Waals surface area (Å²) in [4.78, 5) is 42.6. The Morgan fingerprint density at radius 3 is 2.18 bits per heavy atom. The number of anilines is 1. The SMILES string of the molecule is CCOC(=O)C1(c2ccccc2)NC(c2ccc(O)cc2)C2C(=O)N(c3ccccc3)C(=O)C21. The lowest BCUT2D eigenvalue weighted by molar-refractivity contribution is -0.155. The Bertz CT molecular complexity index is 1230. The highest BCUT2D eigenvalue weighted by atomic mass is 16.5. The van der Waals surface area contributed by atoms with Crippen LogP contribution < -0.4 is 10.2 Å². The molecule has 0 spiro atoms. The second-order valence-electron chi connectivity index (χ2n) is 8.46. The molecule has 0 aliphatic carbocycles. The first kappa shape index (κ1) is 21.9. The van der Waals surface area contributed by atoms with Crippen LogP contribution in [0.3, 0.4) is 0 Å². The Morgan fingerprint density at radius 1 is 0.941 bits per heavy atom. The minimum Gasteiger partial charge on any atom is -0.508 e. The lowest BCUT2D eigenvalue weighted by atomic mass is 9.75. The van der Waals surface area contributed by atoms with Gasteiger partial charge in [0.1, 0.15) is 5.75 Å². The molecule has 2 aliphatic heterocycles. The number of carbonyl (C=O) groups is 3. The van der Waals surface area contributed by atoms with Gasteiger partial charge in [-0.1, -0.05) is 60.7 Å². The third-order valence-electron chi connectivity index (χ3n) is 6.65. The maximum absolute atomic E-state index is 13.9. The van der Waals surface area contributed by atoms with Crippen molar-refractivity contribution in [1.82, 2.24) is 5.32 Å². The van der Waals surface area contributed by atoms with Crippen LogP contribution in [0, 0.1) is 11.8 Å². The number of para-hydroxylation sites is 1. The number of carbonyl (C=O) groups excluding carboxylic acids is 3. The Morgan fingerprint density at radius 2 is 1.56 bits per heavy atom. The third-order valence-corrected chi connectivity index (χ3v) is 6.65. The molecule has 7 nitrogen and oxygen atoms in total. The predicted molar refractivity (Wildman–Crippen MR) is 125 cm³/mol. The van der Waals surface area contributed by atoms with E-state index in [-0.39, 0.29) is 18.3 Å². The van der Waals surface area contributed by atoms with Crippen molar-refractivity contribution in [3.8, 4) is 5.75 Å². The van der Waals surface area contributed by atoms with Crippen molar-refractivity contribution < 1.29 is 24.2 Å². The molecular formula is C27H24N2O5. The average molecular weight is 456 g/mol. The molecule has 0 saturated carbocycles. The number of nitrogens with zero attached hydrogens (tertiary/aromatic N) is 1. The molecule has 3 aromatic rings. The summed E-state index contributed by atoms with van der Waals surface area (Å²) >= 11 is 0. The molecule has 2 fully saturated rings. The molecule has 7 heteroatoms. The number of benzene rings is 3. The van der Waals surface area contributed by atoms with Gasteiger partial charge in [0.25, 0.3) is 0 Å². The van der Waals surface area contributed by atoms with Crippen molar-refractivity contribution in [1.29, 1.82) is 0 Å². The zero-order chi connectivity index (χ0) is 23.9. The second-order valence-corrected chi connectivity index (χ2v) is 8.46. The van der Waals surface area contributed by atoms with Crippen molar-refractivity contribution >= 4 is 23.5 Å². The third kappa shape index (κ3) is 3.20. The number of nitrogens with one attached hydrogen (secondary N) is 1. The van der Waals surface area contributed by atoms with Gasteiger partial charge in [-0.05, 0) is 42.3 Å².